The van der Waals surface area contributed by atoms with Crippen LogP contribution in [0.5, 0.6) is 0 Å². The minimum absolute atomic E-state index is 0.376. The van der Waals surface area contributed by atoms with Gasteiger partial charge in [0, 0.05) is 25.2 Å². The van der Waals surface area contributed by atoms with Gasteiger partial charge in [-0.1, -0.05) is 13.3 Å². The Balaban J connectivity index is 1.62. The highest BCUT2D eigenvalue weighted by Gasteiger charge is 2.35. The average molecular weight is 292 g/mol. The van der Waals surface area contributed by atoms with Crippen LogP contribution >= 0.6 is 11.3 Å². The SMILES string of the molecule is CCC(C1CCC1)N1CC(N)CC(Cc2ccsc2)C1. The Bertz CT molecular complexity index is 399. The maximum absolute atomic E-state index is 6.36. The Morgan fingerprint density at radius 3 is 2.85 bits per heavy atom. The lowest BCUT2D eigenvalue weighted by Gasteiger charge is -2.46. The molecule has 1 aromatic heterocycles. The summed E-state index contributed by atoms with van der Waals surface area (Å²) in [5.74, 6) is 1.70. The molecule has 3 heteroatoms. The van der Waals surface area contributed by atoms with Gasteiger partial charge in [-0.25, -0.2) is 0 Å². The van der Waals surface area contributed by atoms with Crippen molar-refractivity contribution in [3.8, 4) is 0 Å². The van der Waals surface area contributed by atoms with E-state index in [1.807, 2.05) is 11.3 Å². The third kappa shape index (κ3) is 3.26. The van der Waals surface area contributed by atoms with E-state index in [4.69, 9.17) is 5.73 Å². The van der Waals surface area contributed by atoms with E-state index in [9.17, 15) is 0 Å². The van der Waals surface area contributed by atoms with Crippen LogP contribution in [-0.4, -0.2) is 30.1 Å². The van der Waals surface area contributed by atoms with Gasteiger partial charge in [0.1, 0.15) is 0 Å². The number of nitrogens with two attached hydrogens (primary N) is 1. The molecule has 1 saturated carbocycles. The smallest absolute Gasteiger partial charge is 0.0171 e. The summed E-state index contributed by atoms with van der Waals surface area (Å²) in [5.41, 5.74) is 7.86. The first-order chi connectivity index (χ1) is 9.76. The second-order valence-electron chi connectivity index (χ2n) is 6.82. The second-order valence-corrected chi connectivity index (χ2v) is 7.60. The lowest BCUT2D eigenvalue weighted by atomic mass is 9.76. The van der Waals surface area contributed by atoms with Crippen LogP contribution in [0, 0.1) is 11.8 Å². The van der Waals surface area contributed by atoms with Crippen molar-refractivity contribution in [3.63, 3.8) is 0 Å². The van der Waals surface area contributed by atoms with Gasteiger partial charge in [-0.05, 0) is 66.3 Å². The van der Waals surface area contributed by atoms with Gasteiger partial charge < -0.3 is 5.73 Å². The van der Waals surface area contributed by atoms with Crippen molar-refractivity contribution in [1.29, 1.82) is 0 Å². The van der Waals surface area contributed by atoms with E-state index in [0.29, 0.717) is 6.04 Å². The second kappa shape index (κ2) is 6.59. The third-order valence-electron chi connectivity index (χ3n) is 5.28. The average Bonchev–Trinajstić information content (AvgIpc) is 2.85. The predicted molar refractivity (Wildman–Crippen MR) is 87.1 cm³/mol. The molecular formula is C17H28N2S. The summed E-state index contributed by atoms with van der Waals surface area (Å²) in [6.07, 6.45) is 8.04. The molecule has 20 heavy (non-hydrogen) atoms. The molecule has 0 amide bonds. The topological polar surface area (TPSA) is 29.3 Å². The fraction of sp³-hybridized carbons (Fsp3) is 0.765. The predicted octanol–water partition coefficient (Wildman–Crippen LogP) is 3.52. The Morgan fingerprint density at radius 1 is 1.40 bits per heavy atom. The standard InChI is InChI=1S/C17H28N2S/c1-2-17(15-4-3-5-15)19-10-14(9-16(18)11-19)8-13-6-7-20-12-13/h6-7,12,14-17H,2-5,8-11,18H2,1H3. The fourth-order valence-electron chi connectivity index (χ4n) is 4.16. The van der Waals surface area contributed by atoms with Gasteiger partial charge in [-0.15, -0.1) is 0 Å². The molecular weight excluding hydrogens is 264 g/mol. The normalized spacial score (nSPS) is 30.1. The van der Waals surface area contributed by atoms with E-state index >= 15 is 0 Å². The molecule has 2 fully saturated rings. The van der Waals surface area contributed by atoms with Gasteiger partial charge in [0.25, 0.3) is 0 Å². The van der Waals surface area contributed by atoms with E-state index in [0.717, 1.165) is 24.4 Å². The van der Waals surface area contributed by atoms with E-state index in [1.165, 1.54) is 50.6 Å². The zero-order chi connectivity index (χ0) is 13.9. The van der Waals surface area contributed by atoms with Gasteiger partial charge in [-0.2, -0.15) is 11.3 Å². The summed E-state index contributed by atoms with van der Waals surface area (Å²) < 4.78 is 0. The number of thiophene rings is 1. The molecule has 0 radical (unpaired) electrons. The Hall–Kier alpha value is -0.380. The van der Waals surface area contributed by atoms with Crippen LogP contribution in [0.2, 0.25) is 0 Å². The summed E-state index contributed by atoms with van der Waals surface area (Å²) in [6.45, 7) is 4.74. The van der Waals surface area contributed by atoms with Crippen LogP contribution in [0.1, 0.15) is 44.6 Å². The maximum Gasteiger partial charge on any atom is 0.0171 e. The molecule has 0 aromatic carbocycles. The maximum atomic E-state index is 6.36. The fourth-order valence-corrected chi connectivity index (χ4v) is 4.84. The molecule has 3 rings (SSSR count). The third-order valence-corrected chi connectivity index (χ3v) is 6.02. The van der Waals surface area contributed by atoms with Crippen molar-refractivity contribution >= 4 is 11.3 Å². The summed E-state index contributed by atoms with van der Waals surface area (Å²) in [6, 6.07) is 3.44. The molecule has 3 unspecified atom stereocenters. The van der Waals surface area contributed by atoms with Crippen molar-refractivity contribution in [2.75, 3.05) is 13.1 Å². The number of nitrogens with zero attached hydrogens (tertiary/aromatic N) is 1. The first kappa shape index (κ1) is 14.6. The van der Waals surface area contributed by atoms with Crippen LogP contribution < -0.4 is 5.73 Å². The monoisotopic (exact) mass is 292 g/mol. The Morgan fingerprint density at radius 2 is 2.25 bits per heavy atom. The summed E-state index contributed by atoms with van der Waals surface area (Å²) in [4.78, 5) is 2.73. The van der Waals surface area contributed by atoms with Gasteiger partial charge in [-0.3, -0.25) is 4.90 Å². The van der Waals surface area contributed by atoms with Gasteiger partial charge in [0.2, 0.25) is 0 Å². The molecule has 2 N–H and O–H groups in total. The van der Waals surface area contributed by atoms with Crippen molar-refractivity contribution in [3.05, 3.63) is 22.4 Å². The lowest BCUT2D eigenvalue weighted by molar-refractivity contribution is 0.0466. The Kier molecular flexibility index (Phi) is 4.79. The first-order valence-electron chi connectivity index (χ1n) is 8.27. The largest absolute Gasteiger partial charge is 0.327 e. The molecule has 0 spiro atoms. The van der Waals surface area contributed by atoms with E-state index < -0.39 is 0 Å². The highest BCUT2D eigenvalue weighted by molar-refractivity contribution is 7.07. The van der Waals surface area contributed by atoms with Crippen molar-refractivity contribution in [1.82, 2.24) is 4.90 Å². The summed E-state index contributed by atoms with van der Waals surface area (Å²) in [7, 11) is 0. The van der Waals surface area contributed by atoms with Crippen molar-refractivity contribution in [2.45, 2.75) is 57.5 Å². The Labute approximate surface area is 127 Å². The molecule has 2 aliphatic rings. The molecule has 1 aliphatic heterocycles. The van der Waals surface area contributed by atoms with Crippen LogP contribution in [0.25, 0.3) is 0 Å². The van der Waals surface area contributed by atoms with Gasteiger partial charge in [0.15, 0.2) is 0 Å². The van der Waals surface area contributed by atoms with Gasteiger partial charge >= 0.3 is 0 Å². The van der Waals surface area contributed by atoms with E-state index in [-0.39, 0.29) is 0 Å². The highest BCUT2D eigenvalue weighted by atomic mass is 32.1. The van der Waals surface area contributed by atoms with Crippen LogP contribution in [0.3, 0.4) is 0 Å². The molecule has 112 valence electrons. The zero-order valence-corrected chi connectivity index (χ0v) is 13.4. The van der Waals surface area contributed by atoms with E-state index in [2.05, 4.69) is 28.7 Å². The number of hydrogen-bond acceptors (Lipinski definition) is 3. The molecule has 1 aliphatic carbocycles. The molecule has 1 saturated heterocycles. The number of hydrogen-bond donors (Lipinski definition) is 1. The summed E-state index contributed by atoms with van der Waals surface area (Å²) in [5, 5.41) is 4.49. The summed E-state index contributed by atoms with van der Waals surface area (Å²) >= 11 is 1.81. The zero-order valence-electron chi connectivity index (χ0n) is 12.6. The van der Waals surface area contributed by atoms with Crippen LogP contribution in [0.15, 0.2) is 16.8 Å². The molecule has 3 atom stereocenters. The van der Waals surface area contributed by atoms with Gasteiger partial charge in [0.05, 0.1) is 0 Å². The molecule has 2 nitrogen and oxygen atoms in total. The van der Waals surface area contributed by atoms with Crippen LogP contribution in [0.4, 0.5) is 0 Å². The molecule has 2 heterocycles. The number of rotatable bonds is 5. The van der Waals surface area contributed by atoms with E-state index in [1.54, 1.807) is 0 Å². The number of likely N-dealkylation sites (tertiary alicyclic amines) is 1. The lowest BCUT2D eigenvalue weighted by Crippen LogP contribution is -2.54. The minimum atomic E-state index is 0.376. The van der Waals surface area contributed by atoms with Crippen molar-refractivity contribution < 1.29 is 0 Å². The van der Waals surface area contributed by atoms with Crippen molar-refractivity contribution in [2.24, 2.45) is 17.6 Å². The van der Waals surface area contributed by atoms with Crippen LogP contribution in [-0.2, 0) is 6.42 Å². The molecule has 1 aromatic rings. The minimum Gasteiger partial charge on any atom is -0.327 e. The molecule has 0 bridgehead atoms. The quantitative estimate of drug-likeness (QED) is 0.899. The number of piperidine rings is 1. The highest BCUT2D eigenvalue weighted by Crippen LogP contribution is 2.35. The first-order valence-corrected chi connectivity index (χ1v) is 9.21.